The van der Waals surface area contributed by atoms with Gasteiger partial charge in [-0.25, -0.2) is 0 Å². The number of aromatic hydroxyl groups is 1. The Labute approximate surface area is 333 Å². The minimum Gasteiger partial charge on any atom is -0.508 e. The molecule has 0 spiro atoms. The fourth-order valence-corrected chi connectivity index (χ4v) is 9.18. The van der Waals surface area contributed by atoms with Crippen LogP contribution in [0, 0.1) is 0 Å². The van der Waals surface area contributed by atoms with E-state index in [0.29, 0.717) is 56.1 Å². The van der Waals surface area contributed by atoms with Crippen LogP contribution in [-0.4, -0.2) is 88.0 Å². The normalized spacial score (nSPS) is 17.8. The lowest BCUT2D eigenvalue weighted by molar-refractivity contribution is -0.131. The number of ether oxygens (including phenoxy) is 1. The molecule has 1 atom stereocenters. The van der Waals surface area contributed by atoms with E-state index in [2.05, 4.69) is 38.6 Å². The van der Waals surface area contributed by atoms with Crippen LogP contribution in [0.4, 0.5) is 5.69 Å². The van der Waals surface area contributed by atoms with Crippen LogP contribution in [0.1, 0.15) is 67.1 Å². The van der Waals surface area contributed by atoms with Crippen molar-refractivity contribution in [2.45, 2.75) is 64.3 Å². The van der Waals surface area contributed by atoms with Gasteiger partial charge in [0.25, 0.3) is 11.8 Å². The molecule has 10 nitrogen and oxygen atoms in total. The minimum atomic E-state index is -0.137. The van der Waals surface area contributed by atoms with E-state index in [1.807, 2.05) is 53.4 Å². The molecule has 1 fully saturated rings. The smallest absolute Gasteiger partial charge is 0.259 e. The van der Waals surface area contributed by atoms with E-state index in [1.165, 1.54) is 5.56 Å². The maximum absolute atomic E-state index is 15.4. The zero-order valence-electron chi connectivity index (χ0n) is 32.5. The summed E-state index contributed by atoms with van der Waals surface area (Å²) in [5.41, 5.74) is 9.97. The number of carbonyl (C=O) groups excluding carboxylic acids is 3. The number of phenols is 1. The summed E-state index contributed by atoms with van der Waals surface area (Å²) in [4.78, 5) is 51.5. The van der Waals surface area contributed by atoms with Gasteiger partial charge in [0.1, 0.15) is 5.75 Å². The third-order valence-electron chi connectivity index (χ3n) is 12.3. The first-order valence-corrected chi connectivity index (χ1v) is 20.3. The van der Waals surface area contributed by atoms with Gasteiger partial charge in [0, 0.05) is 87.1 Å². The topological polar surface area (TPSA) is 98.6 Å². The lowest BCUT2D eigenvalue weighted by Gasteiger charge is -2.40. The molecule has 0 radical (unpaired) electrons. The maximum atomic E-state index is 15.4. The predicted molar refractivity (Wildman–Crippen MR) is 219 cm³/mol. The zero-order valence-corrected chi connectivity index (χ0v) is 32.5. The summed E-state index contributed by atoms with van der Waals surface area (Å²) in [7, 11) is 1.76. The zero-order chi connectivity index (χ0) is 39.0. The second kappa shape index (κ2) is 15.7. The predicted octanol–water partition coefficient (Wildman–Crippen LogP) is 6.46. The second-order valence-electron chi connectivity index (χ2n) is 15.9. The van der Waals surface area contributed by atoms with Crippen LogP contribution in [0.25, 0.3) is 11.3 Å². The SMILES string of the molecule is CN(C(=O)c1cc(-c2cc3c(cc2C(=O)N2Cc4ccccc4C[C@H]2CN2CCOCC2)CN(C(=O)Cc2ccccc2)C3)n2c1CCCC2)c1ccc(O)cc1. The molecule has 1 saturated heterocycles. The molecule has 0 aliphatic carbocycles. The average molecular weight is 764 g/mol. The third kappa shape index (κ3) is 7.35. The van der Waals surface area contributed by atoms with Crippen molar-refractivity contribution in [1.82, 2.24) is 19.3 Å². The molecule has 292 valence electrons. The molecule has 0 bridgehead atoms. The molecule has 4 aliphatic rings. The second-order valence-corrected chi connectivity index (χ2v) is 15.9. The number of fused-ring (bicyclic) bond motifs is 3. The van der Waals surface area contributed by atoms with Crippen molar-refractivity contribution in [2.24, 2.45) is 0 Å². The van der Waals surface area contributed by atoms with Crippen LogP contribution in [-0.2, 0) is 55.0 Å². The molecular weight excluding hydrogens is 715 g/mol. The van der Waals surface area contributed by atoms with E-state index in [1.54, 1.807) is 36.2 Å². The summed E-state index contributed by atoms with van der Waals surface area (Å²) in [6.07, 6.45) is 3.78. The molecule has 9 rings (SSSR count). The van der Waals surface area contributed by atoms with Gasteiger partial charge < -0.3 is 29.1 Å². The fourth-order valence-electron chi connectivity index (χ4n) is 9.18. The number of hydrogen-bond acceptors (Lipinski definition) is 6. The standard InChI is InChI=1S/C47H49N5O5/c1-48(37-14-16-39(53)17-15-37)46(55)42-27-44(51-18-8-7-13-43(42)51)40-25-35-28-50(45(54)23-32-9-3-2-4-10-32)29-36(35)26-41(40)47(56)52-30-34-12-6-5-11-33(34)24-38(52)31-49-19-21-57-22-20-49/h2-6,9-12,14-17,25-27,38,53H,7-8,13,18-24,28-31H2,1H3/t38-/m0/s1. The molecule has 1 N–H and O–H groups in total. The molecule has 1 aromatic heterocycles. The minimum absolute atomic E-state index is 0.0323. The van der Waals surface area contributed by atoms with Crippen molar-refractivity contribution in [2.75, 3.05) is 44.8 Å². The Morgan fingerprint density at radius 3 is 2.26 bits per heavy atom. The van der Waals surface area contributed by atoms with Gasteiger partial charge in [-0.05, 0) is 96.0 Å². The number of anilines is 1. The Hall–Kier alpha value is -5.71. The molecule has 10 heteroatoms. The van der Waals surface area contributed by atoms with Gasteiger partial charge in [0.2, 0.25) is 5.91 Å². The molecule has 0 unspecified atom stereocenters. The summed E-state index contributed by atoms with van der Waals surface area (Å²) >= 11 is 0. The van der Waals surface area contributed by atoms with Crippen molar-refractivity contribution in [3.05, 3.63) is 142 Å². The molecule has 3 amide bonds. The highest BCUT2D eigenvalue weighted by atomic mass is 16.5. The number of phenolic OH excluding ortho intramolecular Hbond substituents is 1. The monoisotopic (exact) mass is 763 g/mol. The number of amides is 3. The molecule has 57 heavy (non-hydrogen) atoms. The van der Waals surface area contributed by atoms with E-state index >= 15 is 4.79 Å². The molecule has 4 aromatic carbocycles. The van der Waals surface area contributed by atoms with Gasteiger partial charge in [0.15, 0.2) is 0 Å². The Morgan fingerprint density at radius 1 is 0.772 bits per heavy atom. The average Bonchev–Trinajstić information content (AvgIpc) is 3.85. The van der Waals surface area contributed by atoms with Gasteiger partial charge in [-0.3, -0.25) is 19.3 Å². The summed E-state index contributed by atoms with van der Waals surface area (Å²) in [6.45, 7) is 5.96. The van der Waals surface area contributed by atoms with Crippen molar-refractivity contribution in [3.8, 4) is 17.0 Å². The quantitative estimate of drug-likeness (QED) is 0.195. The molecule has 0 saturated carbocycles. The maximum Gasteiger partial charge on any atom is 0.259 e. The lowest BCUT2D eigenvalue weighted by Crippen LogP contribution is -2.52. The number of carbonyl (C=O) groups is 3. The van der Waals surface area contributed by atoms with Crippen molar-refractivity contribution in [3.63, 3.8) is 0 Å². The number of morpholine rings is 1. The van der Waals surface area contributed by atoms with Crippen LogP contribution in [0.15, 0.2) is 97.1 Å². The van der Waals surface area contributed by atoms with Crippen molar-refractivity contribution in [1.29, 1.82) is 0 Å². The van der Waals surface area contributed by atoms with E-state index < -0.39 is 0 Å². The first-order valence-electron chi connectivity index (χ1n) is 20.3. The fraction of sp³-hybridized carbons (Fsp3) is 0.340. The third-order valence-corrected chi connectivity index (χ3v) is 12.3. The van der Waals surface area contributed by atoms with E-state index in [9.17, 15) is 14.7 Å². The highest BCUT2D eigenvalue weighted by Gasteiger charge is 2.36. The van der Waals surface area contributed by atoms with Gasteiger partial charge >= 0.3 is 0 Å². The molecular formula is C47H49N5O5. The molecule has 5 aromatic rings. The van der Waals surface area contributed by atoms with Gasteiger partial charge in [-0.2, -0.15) is 0 Å². The summed E-state index contributed by atoms with van der Waals surface area (Å²) in [6, 6.07) is 31.0. The largest absolute Gasteiger partial charge is 0.508 e. The summed E-state index contributed by atoms with van der Waals surface area (Å²) < 4.78 is 7.93. The Balaban J connectivity index is 1.13. The number of nitrogens with zero attached hydrogens (tertiary/aromatic N) is 5. The first kappa shape index (κ1) is 36.9. The summed E-state index contributed by atoms with van der Waals surface area (Å²) in [5, 5.41) is 9.91. The van der Waals surface area contributed by atoms with E-state index in [0.717, 1.165) is 91.1 Å². The van der Waals surface area contributed by atoms with Crippen LogP contribution in [0.3, 0.4) is 0 Å². The van der Waals surface area contributed by atoms with Crippen LogP contribution in [0.5, 0.6) is 5.75 Å². The number of hydrogen-bond donors (Lipinski definition) is 1. The van der Waals surface area contributed by atoms with Gasteiger partial charge in [-0.15, -0.1) is 0 Å². The Kier molecular flexibility index (Phi) is 10.1. The Morgan fingerprint density at radius 2 is 1.49 bits per heavy atom. The Bertz CT molecular complexity index is 2310. The van der Waals surface area contributed by atoms with Crippen molar-refractivity contribution < 1.29 is 24.2 Å². The lowest BCUT2D eigenvalue weighted by atomic mass is 9.91. The van der Waals surface area contributed by atoms with Gasteiger partial charge in [0.05, 0.1) is 25.2 Å². The number of aromatic nitrogens is 1. The molecule has 4 aliphatic heterocycles. The highest BCUT2D eigenvalue weighted by molar-refractivity contribution is 6.08. The first-order chi connectivity index (χ1) is 27.8. The van der Waals surface area contributed by atoms with Crippen LogP contribution < -0.4 is 4.90 Å². The number of benzene rings is 4. The van der Waals surface area contributed by atoms with Crippen LogP contribution >= 0.6 is 0 Å². The van der Waals surface area contributed by atoms with Gasteiger partial charge in [-0.1, -0.05) is 54.6 Å². The summed E-state index contributed by atoms with van der Waals surface area (Å²) in [5.74, 6) is 0.0227. The van der Waals surface area contributed by atoms with Crippen molar-refractivity contribution >= 4 is 23.4 Å². The van der Waals surface area contributed by atoms with Crippen LogP contribution in [0.2, 0.25) is 0 Å². The van der Waals surface area contributed by atoms with E-state index in [4.69, 9.17) is 4.74 Å². The van der Waals surface area contributed by atoms with E-state index in [-0.39, 0.29) is 29.5 Å². The number of rotatable bonds is 8. The highest BCUT2D eigenvalue weighted by Crippen LogP contribution is 2.39. The molecule has 5 heterocycles.